The summed E-state index contributed by atoms with van der Waals surface area (Å²) >= 11 is 3.11. The molecule has 2 aromatic rings. The first-order valence-electron chi connectivity index (χ1n) is 4.73. The number of nitrogens with two attached hydrogens (primary N) is 1. The molecule has 0 aliphatic carbocycles. The lowest BCUT2D eigenvalue weighted by atomic mass is 10.3. The highest BCUT2D eigenvalue weighted by Crippen LogP contribution is 2.24. The largest absolute Gasteiger partial charge is 0.383 e. The minimum atomic E-state index is -0.328. The number of anilines is 1. The van der Waals surface area contributed by atoms with Gasteiger partial charge in [0.05, 0.1) is 22.1 Å². The van der Waals surface area contributed by atoms with E-state index in [2.05, 4.69) is 20.9 Å². The van der Waals surface area contributed by atoms with Gasteiger partial charge in [0, 0.05) is 19.7 Å². The Labute approximate surface area is 100 Å². The second-order valence-electron chi connectivity index (χ2n) is 3.37. The molecule has 2 N–H and O–H groups in total. The van der Waals surface area contributed by atoms with Crippen LogP contribution in [0.4, 0.5) is 10.3 Å². The van der Waals surface area contributed by atoms with Gasteiger partial charge in [-0.3, -0.25) is 0 Å². The first kappa shape index (κ1) is 11.3. The molecule has 0 aliphatic rings. The summed E-state index contributed by atoms with van der Waals surface area (Å²) in [6.07, 6.45) is 0. The van der Waals surface area contributed by atoms with Gasteiger partial charge >= 0.3 is 0 Å². The smallest absolute Gasteiger partial charge is 0.201 e. The number of imidazole rings is 1. The van der Waals surface area contributed by atoms with Gasteiger partial charge < -0.3 is 15.0 Å². The van der Waals surface area contributed by atoms with Crippen LogP contribution in [0.5, 0.6) is 0 Å². The number of rotatable bonds is 3. The van der Waals surface area contributed by atoms with Crippen LogP contribution in [0, 0.1) is 5.82 Å². The van der Waals surface area contributed by atoms with Gasteiger partial charge in [0.2, 0.25) is 5.95 Å². The molecule has 0 saturated heterocycles. The Hall–Kier alpha value is -1.14. The maximum absolute atomic E-state index is 13.4. The van der Waals surface area contributed by atoms with Crippen LogP contribution in [0.15, 0.2) is 16.6 Å². The van der Waals surface area contributed by atoms with E-state index in [-0.39, 0.29) is 5.82 Å². The van der Waals surface area contributed by atoms with Crippen LogP contribution >= 0.6 is 15.9 Å². The van der Waals surface area contributed by atoms with E-state index in [0.29, 0.717) is 34.6 Å². The number of halogens is 2. The fourth-order valence-corrected chi connectivity index (χ4v) is 1.89. The van der Waals surface area contributed by atoms with Crippen molar-refractivity contribution in [3.8, 4) is 0 Å². The topological polar surface area (TPSA) is 53.1 Å². The molecule has 1 aromatic heterocycles. The molecule has 0 radical (unpaired) electrons. The quantitative estimate of drug-likeness (QED) is 0.941. The molecule has 1 aromatic carbocycles. The van der Waals surface area contributed by atoms with Crippen molar-refractivity contribution in [2.24, 2.45) is 0 Å². The Morgan fingerprint density at radius 1 is 1.56 bits per heavy atom. The van der Waals surface area contributed by atoms with E-state index in [1.165, 1.54) is 6.07 Å². The highest BCUT2D eigenvalue weighted by Gasteiger charge is 2.11. The number of hydrogen-bond donors (Lipinski definition) is 1. The van der Waals surface area contributed by atoms with Gasteiger partial charge in [-0.05, 0) is 22.0 Å². The second kappa shape index (κ2) is 4.39. The van der Waals surface area contributed by atoms with Crippen molar-refractivity contribution in [2.75, 3.05) is 19.5 Å². The van der Waals surface area contributed by atoms with Crippen molar-refractivity contribution in [2.45, 2.75) is 6.54 Å². The summed E-state index contributed by atoms with van der Waals surface area (Å²) in [7, 11) is 1.60. The van der Waals surface area contributed by atoms with Crippen molar-refractivity contribution in [1.29, 1.82) is 0 Å². The summed E-state index contributed by atoms with van der Waals surface area (Å²) in [5.74, 6) is 0.0376. The minimum absolute atomic E-state index is 0.328. The number of benzene rings is 1. The second-order valence-corrected chi connectivity index (χ2v) is 4.22. The molecule has 0 unspecified atom stereocenters. The van der Waals surface area contributed by atoms with E-state index in [1.807, 2.05) is 0 Å². The third-order valence-corrected chi connectivity index (χ3v) is 2.95. The zero-order valence-corrected chi connectivity index (χ0v) is 10.3. The number of nitrogens with zero attached hydrogens (tertiary/aromatic N) is 2. The summed E-state index contributed by atoms with van der Waals surface area (Å²) in [5, 5.41) is 0. The average Bonchev–Trinajstić information content (AvgIpc) is 2.52. The van der Waals surface area contributed by atoms with E-state index in [9.17, 15) is 4.39 Å². The monoisotopic (exact) mass is 287 g/mol. The van der Waals surface area contributed by atoms with Crippen LogP contribution in [0.25, 0.3) is 11.0 Å². The molecule has 0 spiro atoms. The molecule has 0 atom stereocenters. The Balaban J connectivity index is 2.55. The van der Waals surface area contributed by atoms with Gasteiger partial charge in [0.25, 0.3) is 0 Å². The fraction of sp³-hybridized carbons (Fsp3) is 0.300. The van der Waals surface area contributed by atoms with Crippen molar-refractivity contribution >= 4 is 32.9 Å². The van der Waals surface area contributed by atoms with Crippen LogP contribution in [0.3, 0.4) is 0 Å². The average molecular weight is 288 g/mol. The van der Waals surface area contributed by atoms with Crippen LogP contribution in [0.1, 0.15) is 0 Å². The summed E-state index contributed by atoms with van der Waals surface area (Å²) in [6.45, 7) is 1.06. The normalized spacial score (nSPS) is 11.2. The molecular formula is C10H11BrFN3O. The zero-order valence-electron chi connectivity index (χ0n) is 8.70. The van der Waals surface area contributed by atoms with Crippen LogP contribution in [-0.4, -0.2) is 23.3 Å². The number of methoxy groups -OCH3 is 1. The Bertz CT molecular complexity index is 526. The summed E-state index contributed by atoms with van der Waals surface area (Å²) in [6, 6.07) is 3.03. The third kappa shape index (κ3) is 1.90. The Morgan fingerprint density at radius 3 is 3.00 bits per heavy atom. The lowest BCUT2D eigenvalue weighted by Gasteiger charge is -2.05. The predicted octanol–water partition coefficient (Wildman–Crippen LogP) is 2.17. The molecule has 0 fully saturated rings. The highest BCUT2D eigenvalue weighted by molar-refractivity contribution is 9.10. The van der Waals surface area contributed by atoms with Crippen molar-refractivity contribution < 1.29 is 9.13 Å². The van der Waals surface area contributed by atoms with Gasteiger partial charge in [0.15, 0.2) is 0 Å². The molecule has 0 amide bonds. The minimum Gasteiger partial charge on any atom is -0.383 e. The van der Waals surface area contributed by atoms with Crippen LogP contribution in [-0.2, 0) is 11.3 Å². The number of fused-ring (bicyclic) bond motifs is 1. The maximum Gasteiger partial charge on any atom is 0.201 e. The van der Waals surface area contributed by atoms with Gasteiger partial charge in [-0.2, -0.15) is 0 Å². The molecule has 16 heavy (non-hydrogen) atoms. The maximum atomic E-state index is 13.4. The molecule has 0 aliphatic heterocycles. The standard InChI is InChI=1S/C10H11BrFN3O/c1-16-3-2-15-9-5-7(12)6(11)4-8(9)14-10(15)13/h4-5H,2-3H2,1H3,(H2,13,14). The molecule has 4 nitrogen and oxygen atoms in total. The zero-order chi connectivity index (χ0) is 11.7. The Morgan fingerprint density at radius 2 is 2.31 bits per heavy atom. The molecule has 0 saturated carbocycles. The van der Waals surface area contributed by atoms with Gasteiger partial charge in [-0.25, -0.2) is 9.37 Å². The molecule has 86 valence electrons. The van der Waals surface area contributed by atoms with E-state index in [1.54, 1.807) is 17.7 Å². The number of nitrogen functional groups attached to an aromatic ring is 1. The number of hydrogen-bond acceptors (Lipinski definition) is 3. The molecule has 6 heteroatoms. The van der Waals surface area contributed by atoms with E-state index >= 15 is 0 Å². The van der Waals surface area contributed by atoms with Crippen molar-refractivity contribution in [1.82, 2.24) is 9.55 Å². The van der Waals surface area contributed by atoms with E-state index < -0.39 is 0 Å². The van der Waals surface area contributed by atoms with Crippen molar-refractivity contribution in [3.05, 3.63) is 22.4 Å². The first-order valence-corrected chi connectivity index (χ1v) is 5.52. The van der Waals surface area contributed by atoms with Gasteiger partial charge in [0.1, 0.15) is 5.82 Å². The van der Waals surface area contributed by atoms with Crippen LogP contribution in [0.2, 0.25) is 0 Å². The number of aromatic nitrogens is 2. The first-order chi connectivity index (χ1) is 7.63. The lowest BCUT2D eigenvalue weighted by molar-refractivity contribution is 0.189. The Kier molecular flexibility index (Phi) is 3.11. The predicted molar refractivity (Wildman–Crippen MR) is 63.7 cm³/mol. The molecule has 0 bridgehead atoms. The summed E-state index contributed by atoms with van der Waals surface area (Å²) in [5.41, 5.74) is 7.10. The molecule has 2 rings (SSSR count). The SMILES string of the molecule is COCCn1c(N)nc2cc(Br)c(F)cc21. The fourth-order valence-electron chi connectivity index (χ4n) is 1.56. The summed E-state index contributed by atoms with van der Waals surface area (Å²) < 4.78 is 20.5. The van der Waals surface area contributed by atoms with Gasteiger partial charge in [-0.1, -0.05) is 0 Å². The van der Waals surface area contributed by atoms with E-state index in [0.717, 1.165) is 0 Å². The number of ether oxygens (including phenoxy) is 1. The molecule has 1 heterocycles. The third-order valence-electron chi connectivity index (χ3n) is 2.34. The molecular weight excluding hydrogens is 277 g/mol. The van der Waals surface area contributed by atoms with Crippen LogP contribution < -0.4 is 5.73 Å². The summed E-state index contributed by atoms with van der Waals surface area (Å²) in [4.78, 5) is 4.16. The van der Waals surface area contributed by atoms with Gasteiger partial charge in [-0.15, -0.1) is 0 Å². The lowest BCUT2D eigenvalue weighted by Crippen LogP contribution is -2.07. The van der Waals surface area contributed by atoms with E-state index in [4.69, 9.17) is 10.5 Å². The van der Waals surface area contributed by atoms with Crippen molar-refractivity contribution in [3.63, 3.8) is 0 Å². The highest BCUT2D eigenvalue weighted by atomic mass is 79.9.